The number of allylic oxidation sites excluding steroid dienone is 2. The van der Waals surface area contributed by atoms with Crippen LogP contribution >= 0.6 is 0 Å². The maximum atomic E-state index is 14.2. The third-order valence-corrected chi connectivity index (χ3v) is 7.07. The Balaban J connectivity index is 1.63. The van der Waals surface area contributed by atoms with Crippen LogP contribution in [0.2, 0.25) is 0 Å². The summed E-state index contributed by atoms with van der Waals surface area (Å²) in [5.74, 6) is -0.0961. The normalized spacial score (nSPS) is 21.6. The number of rotatable bonds is 7. The van der Waals surface area contributed by atoms with E-state index in [9.17, 15) is 14.3 Å². The van der Waals surface area contributed by atoms with Gasteiger partial charge in [-0.25, -0.2) is 9.37 Å². The van der Waals surface area contributed by atoms with Crippen molar-refractivity contribution in [2.45, 2.75) is 58.2 Å². The van der Waals surface area contributed by atoms with Crippen molar-refractivity contribution < 1.29 is 19.0 Å². The number of halogens is 1. The van der Waals surface area contributed by atoms with Crippen molar-refractivity contribution in [3.63, 3.8) is 0 Å². The summed E-state index contributed by atoms with van der Waals surface area (Å²) in [5, 5.41) is 9.87. The number of nitrogens with zero attached hydrogens (tertiary/aromatic N) is 3. The summed E-state index contributed by atoms with van der Waals surface area (Å²) in [6, 6.07) is 8.35. The van der Waals surface area contributed by atoms with Crippen molar-refractivity contribution in [1.82, 2.24) is 14.8 Å². The molecule has 1 aliphatic carbocycles. The van der Waals surface area contributed by atoms with E-state index in [1.165, 1.54) is 18.1 Å². The lowest BCUT2D eigenvalue weighted by Crippen LogP contribution is -2.49. The van der Waals surface area contributed by atoms with Crippen molar-refractivity contribution in [3.8, 4) is 5.88 Å². The highest BCUT2D eigenvalue weighted by Crippen LogP contribution is 2.32. The number of hydrogen-bond acceptors (Lipinski definition) is 5. The number of aliphatic hydroxyl groups is 1. The molecule has 3 atom stereocenters. The van der Waals surface area contributed by atoms with Gasteiger partial charge in [0, 0.05) is 37.3 Å². The van der Waals surface area contributed by atoms with Crippen molar-refractivity contribution in [1.29, 1.82) is 0 Å². The molecule has 2 aromatic rings. The monoisotopic (exact) mass is 481 g/mol. The van der Waals surface area contributed by atoms with Crippen molar-refractivity contribution in [2.24, 2.45) is 5.92 Å². The van der Waals surface area contributed by atoms with Crippen LogP contribution in [0.25, 0.3) is 5.57 Å². The van der Waals surface area contributed by atoms with Crippen LogP contribution in [0.3, 0.4) is 0 Å². The van der Waals surface area contributed by atoms with Gasteiger partial charge in [-0.05, 0) is 62.9 Å². The summed E-state index contributed by atoms with van der Waals surface area (Å²) in [5.41, 5.74) is 3.24. The van der Waals surface area contributed by atoms with Gasteiger partial charge in [0.1, 0.15) is 17.5 Å². The molecule has 2 aliphatic rings. The summed E-state index contributed by atoms with van der Waals surface area (Å²) < 4.78 is 20.6. The van der Waals surface area contributed by atoms with Gasteiger partial charge in [-0.3, -0.25) is 9.69 Å². The Kier molecular flexibility index (Phi) is 8.19. The quantitative estimate of drug-likeness (QED) is 0.630. The molecule has 4 rings (SSSR count). The van der Waals surface area contributed by atoms with Gasteiger partial charge >= 0.3 is 0 Å². The van der Waals surface area contributed by atoms with Gasteiger partial charge < -0.3 is 14.7 Å². The third kappa shape index (κ3) is 5.90. The number of carbonyl (C=O) groups excluding carboxylic acids is 1. The molecule has 0 spiro atoms. The number of hydrogen-bond donors (Lipinski definition) is 1. The molecule has 0 saturated heterocycles. The second kappa shape index (κ2) is 11.3. The van der Waals surface area contributed by atoms with Gasteiger partial charge in [0.05, 0.1) is 12.6 Å². The number of benzene rings is 1. The van der Waals surface area contributed by atoms with Crippen LogP contribution in [0.5, 0.6) is 5.88 Å². The molecule has 1 amide bonds. The van der Waals surface area contributed by atoms with Crippen molar-refractivity contribution in [2.75, 3.05) is 26.7 Å². The fourth-order valence-electron chi connectivity index (χ4n) is 4.89. The first-order chi connectivity index (χ1) is 16.9. The highest BCUT2D eigenvalue weighted by Gasteiger charge is 2.34. The van der Waals surface area contributed by atoms with E-state index >= 15 is 0 Å². The summed E-state index contributed by atoms with van der Waals surface area (Å²) >= 11 is 0. The molecule has 1 aliphatic heterocycles. The number of amides is 1. The lowest BCUT2D eigenvalue weighted by Gasteiger charge is -2.37. The molecular formula is C28H36FN3O3. The second-order valence-electron chi connectivity index (χ2n) is 9.96. The zero-order valence-electron chi connectivity index (χ0n) is 20.9. The van der Waals surface area contributed by atoms with Crippen LogP contribution in [0.15, 0.2) is 42.6 Å². The minimum atomic E-state index is -0.328. The predicted molar refractivity (Wildman–Crippen MR) is 135 cm³/mol. The van der Waals surface area contributed by atoms with Crippen LogP contribution < -0.4 is 4.74 Å². The minimum Gasteiger partial charge on any atom is -0.472 e. The molecule has 7 heteroatoms. The summed E-state index contributed by atoms with van der Waals surface area (Å²) in [4.78, 5) is 22.0. The van der Waals surface area contributed by atoms with Crippen LogP contribution in [-0.2, 0) is 6.54 Å². The second-order valence-corrected chi connectivity index (χ2v) is 9.96. The third-order valence-electron chi connectivity index (χ3n) is 7.07. The lowest BCUT2D eigenvalue weighted by atomic mass is 9.93. The largest absolute Gasteiger partial charge is 0.472 e. The molecule has 6 nitrogen and oxygen atoms in total. The van der Waals surface area contributed by atoms with Gasteiger partial charge in [-0.1, -0.05) is 31.2 Å². The van der Waals surface area contributed by atoms with E-state index in [4.69, 9.17) is 4.74 Å². The minimum absolute atomic E-state index is 0.0216. The van der Waals surface area contributed by atoms with Crippen molar-refractivity contribution >= 4 is 11.5 Å². The topological polar surface area (TPSA) is 65.9 Å². The van der Waals surface area contributed by atoms with Crippen molar-refractivity contribution in [3.05, 3.63) is 65.1 Å². The average molecular weight is 482 g/mol. The van der Waals surface area contributed by atoms with E-state index in [1.807, 2.05) is 37.9 Å². The number of carbonyl (C=O) groups is 1. The van der Waals surface area contributed by atoms with E-state index in [0.717, 1.165) is 24.8 Å². The smallest absolute Gasteiger partial charge is 0.259 e. The van der Waals surface area contributed by atoms with Crippen LogP contribution in [0.4, 0.5) is 4.39 Å². The summed E-state index contributed by atoms with van der Waals surface area (Å²) in [6.07, 6.45) is 8.11. The predicted octanol–water partition coefficient (Wildman–Crippen LogP) is 4.53. The molecule has 1 N–H and O–H groups in total. The number of likely N-dealkylation sites (N-methyl/N-ethyl adjacent to an activating group) is 1. The molecule has 0 saturated carbocycles. The van der Waals surface area contributed by atoms with E-state index < -0.39 is 0 Å². The Labute approximate surface area is 207 Å². The number of pyridine rings is 1. The van der Waals surface area contributed by atoms with E-state index in [2.05, 4.69) is 11.1 Å². The van der Waals surface area contributed by atoms with Gasteiger partial charge in [0.2, 0.25) is 5.88 Å². The first-order valence-corrected chi connectivity index (χ1v) is 12.6. The molecule has 0 bridgehead atoms. The maximum absolute atomic E-state index is 14.2. The average Bonchev–Trinajstić information content (AvgIpc) is 2.87. The number of ether oxygens (including phenoxy) is 1. The molecule has 0 fully saturated rings. The van der Waals surface area contributed by atoms with E-state index in [1.54, 1.807) is 23.2 Å². The highest BCUT2D eigenvalue weighted by atomic mass is 19.1. The number of aromatic nitrogens is 1. The number of fused-ring (bicyclic) bond motifs is 1. The molecule has 35 heavy (non-hydrogen) atoms. The molecule has 2 heterocycles. The number of aliphatic hydroxyl groups excluding tert-OH is 1. The van der Waals surface area contributed by atoms with E-state index in [0.29, 0.717) is 36.6 Å². The lowest BCUT2D eigenvalue weighted by molar-refractivity contribution is 0.0324. The fraction of sp³-hybridized carbons (Fsp3) is 0.500. The Hall–Kier alpha value is -2.77. The molecule has 0 unspecified atom stereocenters. The fourth-order valence-corrected chi connectivity index (χ4v) is 4.89. The van der Waals surface area contributed by atoms with Gasteiger partial charge in [-0.15, -0.1) is 0 Å². The zero-order chi connectivity index (χ0) is 24.9. The SMILES string of the molecule is C[C@H](CO)N1C[C@H](C)[C@@H](CN(C)Cc2ccccc2F)Oc2ncc(C3=CCCCC3)cc2C1=O. The maximum Gasteiger partial charge on any atom is 0.259 e. The molecular weight excluding hydrogens is 445 g/mol. The first-order valence-electron chi connectivity index (χ1n) is 12.6. The van der Waals surface area contributed by atoms with Gasteiger partial charge in [0.15, 0.2) is 0 Å². The molecule has 0 radical (unpaired) electrons. The molecule has 1 aromatic heterocycles. The standard InChI is InChI=1S/C28H36FN3O3/c1-19-15-32(20(2)18-33)28(34)24-13-23(21-9-5-4-6-10-21)14-30-27(24)35-26(19)17-31(3)16-22-11-7-8-12-25(22)29/h7-9,11-14,19-20,26,33H,4-6,10,15-18H2,1-3H3/t19-,20+,26+/m0/s1. The van der Waals surface area contributed by atoms with Gasteiger partial charge in [0.25, 0.3) is 5.91 Å². The van der Waals surface area contributed by atoms with Gasteiger partial charge in [-0.2, -0.15) is 0 Å². The van der Waals surface area contributed by atoms with Crippen LogP contribution in [-0.4, -0.2) is 64.7 Å². The highest BCUT2D eigenvalue weighted by molar-refractivity contribution is 5.97. The summed E-state index contributed by atoms with van der Waals surface area (Å²) in [6.45, 7) is 5.21. The Morgan fingerprint density at radius 1 is 1.31 bits per heavy atom. The summed E-state index contributed by atoms with van der Waals surface area (Å²) in [7, 11) is 1.94. The Bertz CT molecular complexity index is 1070. The molecule has 1 aromatic carbocycles. The first kappa shape index (κ1) is 25.3. The zero-order valence-corrected chi connectivity index (χ0v) is 20.9. The Morgan fingerprint density at radius 3 is 2.83 bits per heavy atom. The Morgan fingerprint density at radius 2 is 2.11 bits per heavy atom. The van der Waals surface area contributed by atoms with Crippen LogP contribution in [0.1, 0.15) is 61.0 Å². The molecule has 188 valence electrons. The van der Waals surface area contributed by atoms with E-state index in [-0.39, 0.29) is 36.4 Å². The van der Waals surface area contributed by atoms with Crippen LogP contribution in [0, 0.1) is 11.7 Å².